The highest BCUT2D eigenvalue weighted by atomic mass is 16.7. The van der Waals surface area contributed by atoms with Crippen LogP contribution in [0.3, 0.4) is 0 Å². The number of rotatable bonds is 2. The number of hydrogen-bond acceptors (Lipinski definition) is 4. The molecule has 1 aromatic rings. The third kappa shape index (κ3) is 2.59. The van der Waals surface area contributed by atoms with Gasteiger partial charge in [-0.05, 0) is 42.2 Å². The number of carbonyl (C=O) groups is 1. The van der Waals surface area contributed by atoms with Gasteiger partial charge in [-0.15, -0.1) is 0 Å². The number of benzene rings is 1. The zero-order chi connectivity index (χ0) is 11.4. The van der Waals surface area contributed by atoms with Gasteiger partial charge in [0.25, 0.3) is 0 Å². The second kappa shape index (κ2) is 4.79. The zero-order valence-corrected chi connectivity index (χ0v) is 9.10. The second-order valence-electron chi connectivity index (χ2n) is 3.64. The maximum Gasteiger partial charge on any atom is 0.331 e. The second-order valence-corrected chi connectivity index (χ2v) is 3.64. The van der Waals surface area contributed by atoms with E-state index in [-0.39, 0.29) is 0 Å². The van der Waals surface area contributed by atoms with Crippen LogP contribution in [0.5, 0.6) is 5.75 Å². The maximum atomic E-state index is 10.5. The molecule has 84 valence electrons. The van der Waals surface area contributed by atoms with Gasteiger partial charge in [-0.2, -0.15) is 0 Å². The summed E-state index contributed by atoms with van der Waals surface area (Å²) in [6.07, 6.45) is 3.58. The van der Waals surface area contributed by atoms with Crippen LogP contribution in [-0.2, 0) is 16.1 Å². The summed E-state index contributed by atoms with van der Waals surface area (Å²) in [7, 11) is 0. The molecule has 0 fully saturated rings. The molecule has 4 nitrogen and oxygen atoms in total. The Balaban J connectivity index is 2.11. The van der Waals surface area contributed by atoms with E-state index in [1.807, 2.05) is 18.2 Å². The van der Waals surface area contributed by atoms with Gasteiger partial charge >= 0.3 is 5.97 Å². The van der Waals surface area contributed by atoms with Crippen LogP contribution in [0, 0.1) is 0 Å². The maximum absolute atomic E-state index is 10.5. The molecule has 4 heteroatoms. The predicted octanol–water partition coefficient (Wildman–Crippen LogP) is 1.91. The summed E-state index contributed by atoms with van der Waals surface area (Å²) >= 11 is 0. The fraction of sp³-hybridized carbons (Fsp3) is 0.333. The van der Waals surface area contributed by atoms with Gasteiger partial charge in [-0.1, -0.05) is 5.16 Å². The molecule has 0 amide bonds. The van der Waals surface area contributed by atoms with E-state index in [1.54, 1.807) is 0 Å². The summed E-state index contributed by atoms with van der Waals surface area (Å²) in [5, 5.41) is 3.57. The molecule has 0 atom stereocenters. The molecule has 1 aliphatic heterocycles. The average Bonchev–Trinajstić information content (AvgIpc) is 2.28. The van der Waals surface area contributed by atoms with Crippen molar-refractivity contribution in [2.75, 3.05) is 6.61 Å². The van der Waals surface area contributed by atoms with E-state index in [0.29, 0.717) is 0 Å². The Hall–Kier alpha value is -1.84. The van der Waals surface area contributed by atoms with E-state index >= 15 is 0 Å². The van der Waals surface area contributed by atoms with Crippen molar-refractivity contribution in [2.24, 2.45) is 5.16 Å². The number of oxime groups is 1. The van der Waals surface area contributed by atoms with Crippen molar-refractivity contribution < 1.29 is 14.4 Å². The highest BCUT2D eigenvalue weighted by Crippen LogP contribution is 2.24. The van der Waals surface area contributed by atoms with Crippen LogP contribution in [0.2, 0.25) is 0 Å². The van der Waals surface area contributed by atoms with Crippen LogP contribution in [0.15, 0.2) is 23.4 Å². The number of ether oxygens (including phenoxy) is 1. The molecule has 0 unspecified atom stereocenters. The van der Waals surface area contributed by atoms with E-state index < -0.39 is 5.97 Å². The number of hydrogen-bond donors (Lipinski definition) is 0. The summed E-state index contributed by atoms with van der Waals surface area (Å²) in [6, 6.07) is 5.81. The standard InChI is InChI=1S/C12H13NO3/c1-9(14)16-13-8-10-4-5-12-11(7-10)3-2-6-15-12/h4-5,7-8H,2-3,6H2,1H3/b13-8+. The topological polar surface area (TPSA) is 47.9 Å². The lowest BCUT2D eigenvalue weighted by molar-refractivity contribution is -0.140. The molecule has 0 aliphatic carbocycles. The van der Waals surface area contributed by atoms with Crippen molar-refractivity contribution in [3.8, 4) is 5.75 Å². The molecule has 1 heterocycles. The minimum absolute atomic E-state index is 0.419. The van der Waals surface area contributed by atoms with Gasteiger partial charge in [-0.3, -0.25) is 0 Å². The molecule has 2 rings (SSSR count). The van der Waals surface area contributed by atoms with Gasteiger partial charge in [0.1, 0.15) is 5.75 Å². The fourth-order valence-corrected chi connectivity index (χ4v) is 1.62. The van der Waals surface area contributed by atoms with Crippen LogP contribution in [0.1, 0.15) is 24.5 Å². The molecule has 0 radical (unpaired) electrons. The van der Waals surface area contributed by atoms with Crippen LogP contribution < -0.4 is 4.74 Å². The van der Waals surface area contributed by atoms with Crippen molar-refractivity contribution in [3.63, 3.8) is 0 Å². The first-order valence-corrected chi connectivity index (χ1v) is 5.22. The Morgan fingerprint density at radius 2 is 2.44 bits per heavy atom. The molecule has 16 heavy (non-hydrogen) atoms. The van der Waals surface area contributed by atoms with Crippen LogP contribution in [-0.4, -0.2) is 18.8 Å². The Labute approximate surface area is 93.9 Å². The van der Waals surface area contributed by atoms with Gasteiger partial charge in [0.05, 0.1) is 12.8 Å². The largest absolute Gasteiger partial charge is 0.493 e. The quantitative estimate of drug-likeness (QED) is 0.433. The molecular formula is C12H13NO3. The van der Waals surface area contributed by atoms with Crippen LogP contribution in [0.4, 0.5) is 0 Å². The number of carbonyl (C=O) groups excluding carboxylic acids is 1. The summed E-state index contributed by atoms with van der Waals surface area (Å²) in [6.45, 7) is 2.10. The molecular weight excluding hydrogens is 206 g/mol. The van der Waals surface area contributed by atoms with Crippen molar-refractivity contribution in [3.05, 3.63) is 29.3 Å². The Bertz CT molecular complexity index is 426. The first-order valence-electron chi connectivity index (χ1n) is 5.22. The molecule has 0 saturated carbocycles. The van der Waals surface area contributed by atoms with Crippen LogP contribution >= 0.6 is 0 Å². The SMILES string of the molecule is CC(=O)O/N=C/c1ccc2c(c1)CCCO2. The summed E-state index contributed by atoms with van der Waals surface area (Å²) in [4.78, 5) is 15.0. The smallest absolute Gasteiger partial charge is 0.331 e. The van der Waals surface area contributed by atoms with Crippen LogP contribution in [0.25, 0.3) is 0 Å². The lowest BCUT2D eigenvalue weighted by atomic mass is 10.0. The van der Waals surface area contributed by atoms with Crippen molar-refractivity contribution >= 4 is 12.2 Å². The molecule has 0 saturated heterocycles. The van der Waals surface area contributed by atoms with E-state index in [4.69, 9.17) is 4.74 Å². The molecule has 0 bridgehead atoms. The lowest BCUT2D eigenvalue weighted by Crippen LogP contribution is -2.08. The minimum Gasteiger partial charge on any atom is -0.493 e. The monoisotopic (exact) mass is 219 g/mol. The summed E-state index contributed by atoms with van der Waals surface area (Å²) < 4.78 is 5.49. The van der Waals surface area contributed by atoms with Gasteiger partial charge < -0.3 is 9.57 Å². The zero-order valence-electron chi connectivity index (χ0n) is 9.10. The first-order chi connectivity index (χ1) is 7.75. The molecule has 0 aromatic heterocycles. The van der Waals surface area contributed by atoms with Gasteiger partial charge in [0, 0.05) is 6.92 Å². The average molecular weight is 219 g/mol. The number of aryl methyl sites for hydroxylation is 1. The van der Waals surface area contributed by atoms with E-state index in [0.717, 1.165) is 30.8 Å². The third-order valence-corrected chi connectivity index (χ3v) is 2.32. The normalized spacial score (nSPS) is 14.3. The first kappa shape index (κ1) is 10.7. The Morgan fingerprint density at radius 1 is 1.56 bits per heavy atom. The molecule has 0 spiro atoms. The molecule has 1 aromatic carbocycles. The van der Waals surface area contributed by atoms with E-state index in [1.165, 1.54) is 18.7 Å². The fourth-order valence-electron chi connectivity index (χ4n) is 1.62. The van der Waals surface area contributed by atoms with Crippen molar-refractivity contribution in [1.29, 1.82) is 0 Å². The van der Waals surface area contributed by atoms with Gasteiger partial charge in [0.2, 0.25) is 0 Å². The van der Waals surface area contributed by atoms with E-state index in [9.17, 15) is 4.79 Å². The Kier molecular flexibility index (Phi) is 3.19. The molecule has 0 N–H and O–H groups in total. The van der Waals surface area contributed by atoms with Gasteiger partial charge in [-0.25, -0.2) is 4.79 Å². The summed E-state index contributed by atoms with van der Waals surface area (Å²) in [5.41, 5.74) is 2.09. The highest BCUT2D eigenvalue weighted by Gasteiger charge is 2.09. The van der Waals surface area contributed by atoms with Crippen molar-refractivity contribution in [2.45, 2.75) is 19.8 Å². The predicted molar refractivity (Wildman–Crippen MR) is 59.6 cm³/mol. The number of fused-ring (bicyclic) bond motifs is 1. The highest BCUT2D eigenvalue weighted by molar-refractivity contribution is 5.80. The summed E-state index contributed by atoms with van der Waals surface area (Å²) in [5.74, 6) is 0.522. The molecule has 1 aliphatic rings. The third-order valence-electron chi connectivity index (χ3n) is 2.32. The Morgan fingerprint density at radius 3 is 3.25 bits per heavy atom. The van der Waals surface area contributed by atoms with E-state index in [2.05, 4.69) is 9.99 Å². The number of nitrogens with zero attached hydrogens (tertiary/aromatic N) is 1. The van der Waals surface area contributed by atoms with Gasteiger partial charge in [0.15, 0.2) is 0 Å². The van der Waals surface area contributed by atoms with Crippen molar-refractivity contribution in [1.82, 2.24) is 0 Å². The minimum atomic E-state index is -0.419. The lowest BCUT2D eigenvalue weighted by Gasteiger charge is -2.16.